The van der Waals surface area contributed by atoms with Crippen LogP contribution in [0.25, 0.3) is 22.3 Å². The van der Waals surface area contributed by atoms with Gasteiger partial charge in [-0.1, -0.05) is 24.3 Å². The SMILES string of the molecule is Cn1c(-c2ccccc2OC(F)(F)F)nc2c(C(=O)Nc3ccccn3)cccc2c1=O. The first-order valence-electron chi connectivity index (χ1n) is 9.32. The second kappa shape index (κ2) is 8.14. The lowest BCUT2D eigenvalue weighted by atomic mass is 10.1. The van der Waals surface area contributed by atoms with Crippen molar-refractivity contribution in [1.82, 2.24) is 14.5 Å². The molecule has 0 radical (unpaired) electrons. The van der Waals surface area contributed by atoms with E-state index in [0.717, 1.165) is 10.6 Å². The van der Waals surface area contributed by atoms with Gasteiger partial charge in [0.25, 0.3) is 11.5 Å². The number of benzene rings is 2. The van der Waals surface area contributed by atoms with Gasteiger partial charge in [-0.15, -0.1) is 13.2 Å². The zero-order chi connectivity index (χ0) is 22.9. The number of alkyl halides is 3. The van der Waals surface area contributed by atoms with Crippen LogP contribution >= 0.6 is 0 Å². The average Bonchev–Trinajstić information content (AvgIpc) is 2.76. The summed E-state index contributed by atoms with van der Waals surface area (Å²) in [5, 5.41) is 2.75. The molecule has 32 heavy (non-hydrogen) atoms. The summed E-state index contributed by atoms with van der Waals surface area (Å²) in [4.78, 5) is 34.2. The summed E-state index contributed by atoms with van der Waals surface area (Å²) in [6.07, 6.45) is -3.43. The monoisotopic (exact) mass is 440 g/mol. The van der Waals surface area contributed by atoms with Gasteiger partial charge in [-0.3, -0.25) is 14.2 Å². The van der Waals surface area contributed by atoms with E-state index in [1.54, 1.807) is 18.2 Å². The number of hydrogen-bond donors (Lipinski definition) is 1. The van der Waals surface area contributed by atoms with Crippen LogP contribution in [-0.4, -0.2) is 26.8 Å². The maximum absolute atomic E-state index is 13.0. The van der Waals surface area contributed by atoms with E-state index in [1.165, 1.54) is 49.6 Å². The van der Waals surface area contributed by atoms with Crippen LogP contribution in [0.5, 0.6) is 5.75 Å². The number of aromatic nitrogens is 3. The summed E-state index contributed by atoms with van der Waals surface area (Å²) in [5.74, 6) is -0.874. The molecule has 2 heterocycles. The molecule has 0 bridgehead atoms. The number of hydrogen-bond acceptors (Lipinski definition) is 5. The number of ether oxygens (including phenoxy) is 1. The molecule has 0 aliphatic rings. The van der Waals surface area contributed by atoms with Gasteiger partial charge in [0.1, 0.15) is 17.4 Å². The Morgan fingerprint density at radius 3 is 2.50 bits per heavy atom. The van der Waals surface area contributed by atoms with Gasteiger partial charge in [0.15, 0.2) is 0 Å². The van der Waals surface area contributed by atoms with Gasteiger partial charge in [-0.05, 0) is 36.4 Å². The molecule has 4 rings (SSSR count). The van der Waals surface area contributed by atoms with Crippen molar-refractivity contribution in [3.63, 3.8) is 0 Å². The molecule has 1 N–H and O–H groups in total. The van der Waals surface area contributed by atoms with Crippen LogP contribution in [0, 0.1) is 0 Å². The first kappa shape index (κ1) is 21.0. The Morgan fingerprint density at radius 2 is 1.78 bits per heavy atom. The maximum atomic E-state index is 13.0. The van der Waals surface area contributed by atoms with Crippen LogP contribution < -0.4 is 15.6 Å². The molecule has 2 aromatic carbocycles. The van der Waals surface area contributed by atoms with Gasteiger partial charge in [0.2, 0.25) is 0 Å². The summed E-state index contributed by atoms with van der Waals surface area (Å²) in [6.45, 7) is 0. The standard InChI is InChI=1S/C22H15F3N4O3/c1-29-19(13-7-2-3-10-16(13)32-22(23,24)25)28-18-14(8-6-9-15(18)21(29)31)20(30)27-17-11-4-5-12-26-17/h2-12H,1H3,(H,26,27,30). The van der Waals surface area contributed by atoms with E-state index in [1.807, 2.05) is 0 Å². The molecular formula is C22H15F3N4O3. The van der Waals surface area contributed by atoms with Gasteiger partial charge in [-0.2, -0.15) is 0 Å². The number of nitrogens with one attached hydrogen (secondary N) is 1. The summed E-state index contributed by atoms with van der Waals surface area (Å²) in [7, 11) is 1.38. The number of anilines is 1. The Kier molecular flexibility index (Phi) is 5.35. The highest BCUT2D eigenvalue weighted by molar-refractivity contribution is 6.11. The first-order chi connectivity index (χ1) is 15.2. The lowest BCUT2D eigenvalue weighted by Gasteiger charge is -2.16. The Hall–Kier alpha value is -4.21. The van der Waals surface area contributed by atoms with Crippen molar-refractivity contribution in [3.05, 3.63) is 82.8 Å². The van der Waals surface area contributed by atoms with Crippen molar-refractivity contribution in [2.45, 2.75) is 6.36 Å². The van der Waals surface area contributed by atoms with Crippen molar-refractivity contribution < 1.29 is 22.7 Å². The van der Waals surface area contributed by atoms with Gasteiger partial charge < -0.3 is 10.1 Å². The Labute approximate surface area is 179 Å². The third-order valence-corrected chi connectivity index (χ3v) is 4.61. The minimum absolute atomic E-state index is 0.0424. The molecule has 0 spiro atoms. The Morgan fingerprint density at radius 1 is 1.03 bits per heavy atom. The van der Waals surface area contributed by atoms with Gasteiger partial charge in [-0.25, -0.2) is 9.97 Å². The van der Waals surface area contributed by atoms with Crippen molar-refractivity contribution in [1.29, 1.82) is 0 Å². The predicted molar refractivity (Wildman–Crippen MR) is 111 cm³/mol. The number of carbonyl (C=O) groups is 1. The summed E-state index contributed by atoms with van der Waals surface area (Å²) < 4.78 is 43.9. The molecule has 10 heteroatoms. The number of fused-ring (bicyclic) bond motifs is 1. The minimum atomic E-state index is -4.93. The number of rotatable bonds is 4. The Balaban J connectivity index is 1.88. The quantitative estimate of drug-likeness (QED) is 0.515. The molecule has 0 aliphatic heterocycles. The van der Waals surface area contributed by atoms with Crippen LogP contribution in [-0.2, 0) is 7.05 Å². The molecule has 0 fully saturated rings. The van der Waals surface area contributed by atoms with Gasteiger partial charge >= 0.3 is 6.36 Å². The third kappa shape index (κ3) is 4.15. The van der Waals surface area contributed by atoms with Crippen molar-refractivity contribution in [2.24, 2.45) is 7.05 Å². The molecule has 0 saturated heterocycles. The van der Waals surface area contributed by atoms with Crippen LogP contribution in [0.4, 0.5) is 19.0 Å². The first-order valence-corrected chi connectivity index (χ1v) is 9.32. The molecule has 0 aliphatic carbocycles. The van der Waals surface area contributed by atoms with Gasteiger partial charge in [0.05, 0.1) is 22.0 Å². The van der Waals surface area contributed by atoms with Crippen LogP contribution in [0.1, 0.15) is 10.4 Å². The third-order valence-electron chi connectivity index (χ3n) is 4.61. The lowest BCUT2D eigenvalue weighted by molar-refractivity contribution is -0.274. The molecule has 7 nitrogen and oxygen atoms in total. The molecule has 4 aromatic rings. The molecule has 2 aromatic heterocycles. The van der Waals surface area contributed by atoms with Crippen LogP contribution in [0.3, 0.4) is 0 Å². The highest BCUT2D eigenvalue weighted by Crippen LogP contribution is 2.33. The highest BCUT2D eigenvalue weighted by atomic mass is 19.4. The van der Waals surface area contributed by atoms with Gasteiger partial charge in [0, 0.05) is 13.2 Å². The van der Waals surface area contributed by atoms with Crippen molar-refractivity contribution in [3.8, 4) is 17.1 Å². The Bertz CT molecular complexity index is 1370. The molecule has 0 unspecified atom stereocenters. The molecule has 0 saturated carbocycles. The normalized spacial score (nSPS) is 11.4. The highest BCUT2D eigenvalue weighted by Gasteiger charge is 2.32. The maximum Gasteiger partial charge on any atom is 0.573 e. The lowest BCUT2D eigenvalue weighted by Crippen LogP contribution is -2.23. The number of pyridine rings is 1. The summed E-state index contributed by atoms with van der Waals surface area (Å²) in [6, 6.07) is 14.8. The fraction of sp³-hybridized carbons (Fsp3) is 0.0909. The van der Waals surface area contributed by atoms with E-state index in [4.69, 9.17) is 0 Å². The van der Waals surface area contributed by atoms with E-state index in [9.17, 15) is 22.8 Å². The van der Waals surface area contributed by atoms with E-state index >= 15 is 0 Å². The fourth-order valence-corrected chi connectivity index (χ4v) is 3.20. The molecule has 162 valence electrons. The predicted octanol–water partition coefficient (Wildman–Crippen LogP) is 4.15. The van der Waals surface area contributed by atoms with Crippen molar-refractivity contribution >= 4 is 22.6 Å². The minimum Gasteiger partial charge on any atom is -0.405 e. The smallest absolute Gasteiger partial charge is 0.405 e. The topological polar surface area (TPSA) is 86.1 Å². The summed E-state index contributed by atoms with van der Waals surface area (Å²) in [5.41, 5.74) is -0.465. The zero-order valence-corrected chi connectivity index (χ0v) is 16.6. The number of para-hydroxylation sites is 2. The molecule has 0 atom stereocenters. The average molecular weight is 440 g/mol. The van der Waals surface area contributed by atoms with E-state index in [-0.39, 0.29) is 27.9 Å². The van der Waals surface area contributed by atoms with Crippen LogP contribution in [0.15, 0.2) is 71.7 Å². The molecular weight excluding hydrogens is 425 g/mol. The van der Waals surface area contributed by atoms with Crippen LogP contribution in [0.2, 0.25) is 0 Å². The number of amides is 1. The largest absolute Gasteiger partial charge is 0.573 e. The molecule has 1 amide bonds. The zero-order valence-electron chi connectivity index (χ0n) is 16.6. The second-order valence-electron chi connectivity index (χ2n) is 6.71. The van der Waals surface area contributed by atoms with Crippen molar-refractivity contribution in [2.75, 3.05) is 5.32 Å². The number of nitrogens with zero attached hydrogens (tertiary/aromatic N) is 3. The second-order valence-corrected chi connectivity index (χ2v) is 6.71. The number of halogens is 3. The summed E-state index contributed by atoms with van der Waals surface area (Å²) >= 11 is 0. The van der Waals surface area contributed by atoms with E-state index < -0.39 is 23.6 Å². The van der Waals surface area contributed by atoms with E-state index in [2.05, 4.69) is 20.0 Å². The number of carbonyl (C=O) groups excluding carboxylic acids is 1. The van der Waals surface area contributed by atoms with E-state index in [0.29, 0.717) is 5.82 Å². The fourth-order valence-electron chi connectivity index (χ4n) is 3.20.